The van der Waals surface area contributed by atoms with E-state index in [1.807, 2.05) is 6.92 Å². The molecule has 1 rings (SSSR count). The van der Waals surface area contributed by atoms with Gasteiger partial charge in [-0.1, -0.05) is 6.92 Å². The second-order valence-electron chi connectivity index (χ2n) is 3.11. The summed E-state index contributed by atoms with van der Waals surface area (Å²) in [7, 11) is -3.09. The van der Waals surface area contributed by atoms with Crippen LogP contribution in [0.2, 0.25) is 0 Å². The SMILES string of the molecule is CCOP(=O)(OCC)C1=COCC1C. The van der Waals surface area contributed by atoms with Crippen LogP contribution in [0.15, 0.2) is 11.6 Å². The van der Waals surface area contributed by atoms with Crippen LogP contribution in [0.3, 0.4) is 0 Å². The molecule has 14 heavy (non-hydrogen) atoms. The Bertz CT molecular complexity index is 252. The van der Waals surface area contributed by atoms with E-state index in [0.717, 1.165) is 0 Å². The van der Waals surface area contributed by atoms with Crippen molar-refractivity contribution in [1.82, 2.24) is 0 Å². The molecule has 0 aromatic rings. The van der Waals surface area contributed by atoms with Crippen LogP contribution >= 0.6 is 7.60 Å². The highest BCUT2D eigenvalue weighted by atomic mass is 31.2. The molecule has 5 heteroatoms. The molecule has 0 bridgehead atoms. The molecule has 0 saturated heterocycles. The van der Waals surface area contributed by atoms with Crippen molar-refractivity contribution >= 4 is 7.60 Å². The van der Waals surface area contributed by atoms with Crippen LogP contribution in [0.5, 0.6) is 0 Å². The third-order valence-electron chi connectivity index (χ3n) is 1.97. The minimum Gasteiger partial charge on any atom is -0.500 e. The predicted octanol–water partition coefficient (Wildman–Crippen LogP) is 2.76. The molecule has 82 valence electrons. The fraction of sp³-hybridized carbons (Fsp3) is 0.778. The smallest absolute Gasteiger partial charge is 0.360 e. The molecule has 1 unspecified atom stereocenters. The van der Waals surface area contributed by atoms with Crippen molar-refractivity contribution in [2.24, 2.45) is 5.92 Å². The van der Waals surface area contributed by atoms with Gasteiger partial charge < -0.3 is 13.8 Å². The zero-order valence-corrected chi connectivity index (χ0v) is 9.75. The topological polar surface area (TPSA) is 44.8 Å². The Labute approximate surface area is 84.8 Å². The normalized spacial score (nSPS) is 21.9. The highest BCUT2D eigenvalue weighted by Gasteiger charge is 2.36. The van der Waals surface area contributed by atoms with Gasteiger partial charge in [0.1, 0.15) is 0 Å². The largest absolute Gasteiger partial charge is 0.500 e. The van der Waals surface area contributed by atoms with Crippen molar-refractivity contribution in [2.75, 3.05) is 19.8 Å². The van der Waals surface area contributed by atoms with Gasteiger partial charge in [0.05, 0.1) is 31.4 Å². The first kappa shape index (κ1) is 11.8. The average molecular weight is 220 g/mol. The van der Waals surface area contributed by atoms with Crippen molar-refractivity contribution in [1.29, 1.82) is 0 Å². The van der Waals surface area contributed by atoms with E-state index in [0.29, 0.717) is 25.1 Å². The summed E-state index contributed by atoms with van der Waals surface area (Å²) in [4.78, 5) is 0. The van der Waals surface area contributed by atoms with Crippen LogP contribution in [-0.4, -0.2) is 19.8 Å². The molecule has 0 aliphatic carbocycles. The van der Waals surface area contributed by atoms with E-state index in [2.05, 4.69) is 0 Å². The lowest BCUT2D eigenvalue weighted by Gasteiger charge is -2.19. The van der Waals surface area contributed by atoms with Gasteiger partial charge in [0.25, 0.3) is 0 Å². The van der Waals surface area contributed by atoms with Gasteiger partial charge in [-0.2, -0.15) is 0 Å². The van der Waals surface area contributed by atoms with Crippen LogP contribution < -0.4 is 0 Å². The molecule has 0 radical (unpaired) electrons. The molecule has 0 spiro atoms. The first-order valence-electron chi connectivity index (χ1n) is 4.85. The van der Waals surface area contributed by atoms with Crippen LogP contribution in [0.1, 0.15) is 20.8 Å². The maximum Gasteiger partial charge on any atom is 0.360 e. The summed E-state index contributed by atoms with van der Waals surface area (Å²) in [5, 5.41) is 0.654. The quantitative estimate of drug-likeness (QED) is 0.668. The van der Waals surface area contributed by atoms with E-state index in [4.69, 9.17) is 13.8 Å². The number of ether oxygens (including phenoxy) is 1. The molecule has 0 amide bonds. The zero-order valence-electron chi connectivity index (χ0n) is 8.86. The van der Waals surface area contributed by atoms with E-state index >= 15 is 0 Å². The molecular weight excluding hydrogens is 203 g/mol. The van der Waals surface area contributed by atoms with Crippen molar-refractivity contribution in [3.8, 4) is 0 Å². The standard InChI is InChI=1S/C9H17O4P/c1-4-12-14(10,13-5-2)9-7-11-6-8(9)3/h7-8H,4-6H2,1-3H3. The summed E-state index contributed by atoms with van der Waals surface area (Å²) in [5.41, 5.74) is 0. The van der Waals surface area contributed by atoms with Crippen LogP contribution in [-0.2, 0) is 18.3 Å². The van der Waals surface area contributed by atoms with Crippen molar-refractivity contribution < 1.29 is 18.3 Å². The highest BCUT2D eigenvalue weighted by molar-refractivity contribution is 7.58. The Balaban J connectivity index is 2.81. The van der Waals surface area contributed by atoms with E-state index in [9.17, 15) is 4.57 Å². The molecule has 1 aliphatic heterocycles. The van der Waals surface area contributed by atoms with Crippen molar-refractivity contribution in [2.45, 2.75) is 20.8 Å². The molecule has 4 nitrogen and oxygen atoms in total. The Morgan fingerprint density at radius 2 is 2.07 bits per heavy atom. The van der Waals surface area contributed by atoms with Gasteiger partial charge in [0.15, 0.2) is 0 Å². The molecule has 0 N–H and O–H groups in total. The summed E-state index contributed by atoms with van der Waals surface area (Å²) in [6.45, 7) is 6.85. The lowest BCUT2D eigenvalue weighted by Crippen LogP contribution is -2.04. The van der Waals surface area contributed by atoms with Crippen LogP contribution in [0, 0.1) is 5.92 Å². The maximum absolute atomic E-state index is 12.2. The first-order valence-corrected chi connectivity index (χ1v) is 6.39. The van der Waals surface area contributed by atoms with Gasteiger partial charge in [-0.05, 0) is 13.8 Å². The highest BCUT2D eigenvalue weighted by Crippen LogP contribution is 2.59. The van der Waals surface area contributed by atoms with Gasteiger partial charge in [-0.3, -0.25) is 4.57 Å². The third-order valence-corrected chi connectivity index (χ3v) is 4.34. The van der Waals surface area contributed by atoms with Crippen molar-refractivity contribution in [3.63, 3.8) is 0 Å². The van der Waals surface area contributed by atoms with Gasteiger partial charge in [0.2, 0.25) is 0 Å². The zero-order chi connectivity index (χ0) is 10.6. The van der Waals surface area contributed by atoms with E-state index in [-0.39, 0.29) is 5.92 Å². The Kier molecular flexibility index (Phi) is 4.17. The van der Waals surface area contributed by atoms with Crippen LogP contribution in [0.25, 0.3) is 0 Å². The Hall–Kier alpha value is -0.310. The second kappa shape index (κ2) is 4.96. The van der Waals surface area contributed by atoms with Gasteiger partial charge in [-0.25, -0.2) is 0 Å². The second-order valence-corrected chi connectivity index (χ2v) is 5.14. The molecule has 1 heterocycles. The van der Waals surface area contributed by atoms with Crippen LogP contribution in [0.4, 0.5) is 0 Å². The van der Waals surface area contributed by atoms with Gasteiger partial charge >= 0.3 is 7.60 Å². The maximum atomic E-state index is 12.2. The summed E-state index contributed by atoms with van der Waals surface area (Å²) < 4.78 is 27.8. The number of rotatable bonds is 5. The fourth-order valence-electron chi connectivity index (χ4n) is 1.34. The lowest BCUT2D eigenvalue weighted by molar-refractivity contribution is 0.223. The van der Waals surface area contributed by atoms with E-state index in [1.54, 1.807) is 13.8 Å². The molecule has 0 aromatic carbocycles. The Morgan fingerprint density at radius 1 is 1.50 bits per heavy atom. The molecule has 0 saturated carbocycles. The van der Waals surface area contributed by atoms with Gasteiger partial charge in [0, 0.05) is 5.92 Å². The van der Waals surface area contributed by atoms with Crippen molar-refractivity contribution in [3.05, 3.63) is 11.6 Å². The average Bonchev–Trinajstić information content (AvgIpc) is 2.52. The summed E-state index contributed by atoms with van der Waals surface area (Å²) >= 11 is 0. The molecule has 0 aromatic heterocycles. The summed E-state index contributed by atoms with van der Waals surface area (Å²) in [6.07, 6.45) is 1.51. The first-order chi connectivity index (χ1) is 6.64. The summed E-state index contributed by atoms with van der Waals surface area (Å²) in [5.74, 6) is 0.110. The monoisotopic (exact) mass is 220 g/mol. The molecule has 0 fully saturated rings. The fourth-order valence-corrected chi connectivity index (χ4v) is 3.21. The summed E-state index contributed by atoms with van der Waals surface area (Å²) in [6, 6.07) is 0. The van der Waals surface area contributed by atoms with E-state index < -0.39 is 7.60 Å². The van der Waals surface area contributed by atoms with Gasteiger partial charge in [-0.15, -0.1) is 0 Å². The number of hydrogen-bond donors (Lipinski definition) is 0. The third kappa shape index (κ3) is 2.38. The molecule has 1 aliphatic rings. The molecular formula is C9H17O4P. The lowest BCUT2D eigenvalue weighted by atomic mass is 10.2. The van der Waals surface area contributed by atoms with E-state index in [1.165, 1.54) is 6.26 Å². The minimum absolute atomic E-state index is 0.110. The molecule has 1 atom stereocenters. The Morgan fingerprint density at radius 3 is 2.43 bits per heavy atom. The number of hydrogen-bond acceptors (Lipinski definition) is 4. The minimum atomic E-state index is -3.09. The predicted molar refractivity (Wildman–Crippen MR) is 54.1 cm³/mol.